The van der Waals surface area contributed by atoms with E-state index in [2.05, 4.69) is 15.6 Å². The summed E-state index contributed by atoms with van der Waals surface area (Å²) in [5.74, 6) is -2.70. The summed E-state index contributed by atoms with van der Waals surface area (Å²) >= 11 is 0. The van der Waals surface area contributed by atoms with Gasteiger partial charge in [-0.3, -0.25) is 19.4 Å². The highest BCUT2D eigenvalue weighted by Gasteiger charge is 2.30. The summed E-state index contributed by atoms with van der Waals surface area (Å²) in [5, 5.41) is 15.1. The second-order valence-corrected chi connectivity index (χ2v) is 9.37. The van der Waals surface area contributed by atoms with E-state index in [4.69, 9.17) is 0 Å². The Balaban J connectivity index is 2.16. The lowest BCUT2D eigenvalue weighted by molar-refractivity contribution is -0.141. The molecule has 0 aliphatic heterocycles. The first-order chi connectivity index (χ1) is 16.5. The Morgan fingerprint density at radius 1 is 1.11 bits per heavy atom. The van der Waals surface area contributed by atoms with Crippen molar-refractivity contribution < 1.29 is 19.5 Å². The van der Waals surface area contributed by atoms with E-state index < -0.39 is 35.3 Å². The molecule has 1 heterocycles. The molecule has 3 N–H and O–H groups in total. The number of benzene rings is 1. The van der Waals surface area contributed by atoms with Crippen LogP contribution in [0.1, 0.15) is 62.5 Å². The zero-order valence-corrected chi connectivity index (χ0v) is 21.0. The van der Waals surface area contributed by atoms with Crippen LogP contribution in [-0.4, -0.2) is 39.5 Å². The molecule has 0 saturated carbocycles. The van der Waals surface area contributed by atoms with Crippen molar-refractivity contribution in [1.82, 2.24) is 15.6 Å². The van der Waals surface area contributed by atoms with E-state index in [0.717, 1.165) is 16.7 Å². The number of carbonyl (C=O) groups excluding carboxylic acids is 2. The molecule has 2 rings (SSSR count). The number of allylic oxidation sites excluding steroid dienone is 4. The van der Waals surface area contributed by atoms with Crippen LogP contribution in [0.5, 0.6) is 0 Å². The fourth-order valence-corrected chi connectivity index (χ4v) is 3.63. The summed E-state index contributed by atoms with van der Waals surface area (Å²) in [6.07, 6.45) is 9.78. The largest absolute Gasteiger partial charge is 0.481 e. The van der Waals surface area contributed by atoms with Gasteiger partial charge in [0.15, 0.2) is 0 Å². The van der Waals surface area contributed by atoms with E-state index >= 15 is 0 Å². The number of aliphatic carboxylic acids is 1. The van der Waals surface area contributed by atoms with E-state index in [1.807, 2.05) is 70.2 Å². The lowest BCUT2D eigenvalue weighted by atomic mass is 9.94. The molecule has 0 fully saturated rings. The van der Waals surface area contributed by atoms with Gasteiger partial charge in [-0.25, -0.2) is 0 Å². The van der Waals surface area contributed by atoms with E-state index in [1.165, 1.54) is 6.92 Å². The molecule has 0 radical (unpaired) electrons. The molecule has 35 heavy (non-hydrogen) atoms. The van der Waals surface area contributed by atoms with E-state index in [0.29, 0.717) is 12.0 Å². The summed E-state index contributed by atoms with van der Waals surface area (Å²) < 4.78 is 0. The van der Waals surface area contributed by atoms with Crippen molar-refractivity contribution in [2.24, 2.45) is 5.92 Å². The van der Waals surface area contributed by atoms with Crippen LogP contribution in [0.2, 0.25) is 0 Å². The minimum absolute atomic E-state index is 0.0286. The average molecular weight is 478 g/mol. The number of nitrogens with one attached hydrogen (secondary N) is 2. The molecule has 2 amide bonds. The Labute approximate surface area is 207 Å². The maximum absolute atomic E-state index is 13.2. The average Bonchev–Trinajstić information content (AvgIpc) is 2.81. The molecule has 1 aromatic carbocycles. The number of hydrogen-bond donors (Lipinski definition) is 3. The quantitative estimate of drug-likeness (QED) is 0.416. The fourth-order valence-electron chi connectivity index (χ4n) is 3.63. The van der Waals surface area contributed by atoms with Crippen LogP contribution in [0.3, 0.4) is 0 Å². The van der Waals surface area contributed by atoms with Gasteiger partial charge >= 0.3 is 5.97 Å². The van der Waals surface area contributed by atoms with Crippen LogP contribution in [0.25, 0.3) is 5.57 Å². The monoisotopic (exact) mass is 477 g/mol. The third-order valence-corrected chi connectivity index (χ3v) is 5.60. The van der Waals surface area contributed by atoms with Gasteiger partial charge in [-0.1, -0.05) is 43.4 Å². The number of carbonyl (C=O) groups is 3. The summed E-state index contributed by atoms with van der Waals surface area (Å²) in [6.45, 7) is 9.19. The topological polar surface area (TPSA) is 108 Å². The molecular formula is C28H35N3O4. The molecule has 7 nitrogen and oxygen atoms in total. The summed E-state index contributed by atoms with van der Waals surface area (Å²) in [4.78, 5) is 41.7. The predicted molar refractivity (Wildman–Crippen MR) is 138 cm³/mol. The van der Waals surface area contributed by atoms with Crippen LogP contribution in [0.4, 0.5) is 0 Å². The number of nitrogens with zero attached hydrogens (tertiary/aromatic N) is 1. The Morgan fingerprint density at radius 3 is 2.34 bits per heavy atom. The third-order valence-electron chi connectivity index (χ3n) is 5.60. The minimum atomic E-state index is -1.03. The first-order valence-electron chi connectivity index (χ1n) is 11.7. The van der Waals surface area contributed by atoms with Crippen molar-refractivity contribution in [3.8, 4) is 0 Å². The molecule has 2 aromatic rings. The van der Waals surface area contributed by atoms with Gasteiger partial charge in [-0.2, -0.15) is 0 Å². The van der Waals surface area contributed by atoms with Crippen molar-refractivity contribution in [1.29, 1.82) is 0 Å². The SMILES string of the molecule is CC=CC=C(C)c1ccc(C(=O)NC(CC(C)C(=O)O)C(=O)NC(C)(C)Cc2cccnc2)cc1. The molecule has 0 aliphatic rings. The molecule has 186 valence electrons. The fraction of sp³-hybridized carbons (Fsp3) is 0.357. The highest BCUT2D eigenvalue weighted by molar-refractivity contribution is 5.98. The zero-order chi connectivity index (χ0) is 26.0. The van der Waals surface area contributed by atoms with Gasteiger partial charge in [-0.05, 0) is 75.4 Å². The van der Waals surface area contributed by atoms with E-state index in [9.17, 15) is 19.5 Å². The van der Waals surface area contributed by atoms with E-state index in [-0.39, 0.29) is 6.42 Å². The maximum atomic E-state index is 13.2. The van der Waals surface area contributed by atoms with Crippen molar-refractivity contribution in [2.45, 2.75) is 59.0 Å². The van der Waals surface area contributed by atoms with Gasteiger partial charge < -0.3 is 15.7 Å². The smallest absolute Gasteiger partial charge is 0.306 e. The first-order valence-corrected chi connectivity index (χ1v) is 11.7. The number of aromatic nitrogens is 1. The highest BCUT2D eigenvalue weighted by Crippen LogP contribution is 2.17. The number of amides is 2. The summed E-state index contributed by atoms with van der Waals surface area (Å²) in [7, 11) is 0. The number of pyridine rings is 1. The maximum Gasteiger partial charge on any atom is 0.306 e. The minimum Gasteiger partial charge on any atom is -0.481 e. The zero-order valence-electron chi connectivity index (χ0n) is 21.0. The van der Waals surface area contributed by atoms with Crippen molar-refractivity contribution >= 4 is 23.4 Å². The normalized spacial score (nSPS) is 13.8. The Hall–Kier alpha value is -3.74. The van der Waals surface area contributed by atoms with Crippen LogP contribution in [0, 0.1) is 5.92 Å². The standard InChI is InChI=1S/C28H35N3O4/c1-6-7-9-19(2)22-11-13-23(14-12-22)25(32)30-24(16-20(3)27(34)35)26(33)31-28(4,5)17-21-10-8-15-29-18-21/h6-15,18,20,24H,16-17H2,1-5H3,(H,30,32)(H,31,33)(H,34,35). The third kappa shape index (κ3) is 8.85. The van der Waals surface area contributed by atoms with E-state index in [1.54, 1.807) is 24.5 Å². The van der Waals surface area contributed by atoms with Gasteiger partial charge in [0.25, 0.3) is 5.91 Å². The van der Waals surface area contributed by atoms with Gasteiger partial charge in [0, 0.05) is 23.5 Å². The number of rotatable bonds is 11. The molecular weight excluding hydrogens is 442 g/mol. The van der Waals surface area contributed by atoms with Crippen LogP contribution < -0.4 is 10.6 Å². The lowest BCUT2D eigenvalue weighted by Gasteiger charge is -2.30. The molecule has 2 atom stereocenters. The Morgan fingerprint density at radius 2 is 1.77 bits per heavy atom. The van der Waals surface area contributed by atoms with Crippen LogP contribution in [0.15, 0.2) is 67.0 Å². The van der Waals surface area contributed by atoms with Crippen LogP contribution >= 0.6 is 0 Å². The molecule has 1 aromatic heterocycles. The van der Waals surface area contributed by atoms with Gasteiger partial charge in [0.1, 0.15) is 6.04 Å². The first kappa shape index (κ1) is 27.5. The Bertz CT molecular complexity index is 1070. The molecule has 2 unspecified atom stereocenters. The summed E-state index contributed by atoms with van der Waals surface area (Å²) in [5.41, 5.74) is 2.75. The van der Waals surface area contributed by atoms with Gasteiger partial charge in [0.05, 0.1) is 5.92 Å². The second kappa shape index (κ2) is 12.6. The number of carboxylic acid groups (broad SMARTS) is 1. The molecule has 0 aliphatic carbocycles. The molecule has 0 spiro atoms. The predicted octanol–water partition coefficient (Wildman–Crippen LogP) is 4.41. The highest BCUT2D eigenvalue weighted by atomic mass is 16.4. The molecule has 0 bridgehead atoms. The second-order valence-electron chi connectivity index (χ2n) is 9.37. The Kier molecular flexibility index (Phi) is 9.94. The lowest BCUT2D eigenvalue weighted by Crippen LogP contribution is -2.54. The van der Waals surface area contributed by atoms with Crippen LogP contribution in [-0.2, 0) is 16.0 Å². The van der Waals surface area contributed by atoms with Gasteiger partial charge in [-0.15, -0.1) is 0 Å². The number of hydrogen-bond acceptors (Lipinski definition) is 4. The van der Waals surface area contributed by atoms with Crippen molar-refractivity contribution in [3.05, 3.63) is 83.7 Å². The molecule has 0 saturated heterocycles. The van der Waals surface area contributed by atoms with Crippen molar-refractivity contribution in [2.75, 3.05) is 0 Å². The number of carboxylic acids is 1. The van der Waals surface area contributed by atoms with Crippen molar-refractivity contribution in [3.63, 3.8) is 0 Å². The van der Waals surface area contributed by atoms with Gasteiger partial charge in [0.2, 0.25) is 5.91 Å². The molecule has 7 heteroatoms. The summed E-state index contributed by atoms with van der Waals surface area (Å²) in [6, 6.07) is 9.82.